The van der Waals surface area contributed by atoms with Gasteiger partial charge < -0.3 is 6.53 Å². The molecule has 0 aliphatic carbocycles. The van der Waals surface area contributed by atoms with Crippen LogP contribution in [0.1, 0.15) is 11.8 Å². The van der Waals surface area contributed by atoms with E-state index in [1.54, 1.807) is 12.1 Å². The summed E-state index contributed by atoms with van der Waals surface area (Å²) in [6, 6.07) is 4.83. The summed E-state index contributed by atoms with van der Waals surface area (Å²) in [6.07, 6.45) is 0. The van der Waals surface area contributed by atoms with E-state index in [0.29, 0.717) is 11.0 Å². The van der Waals surface area contributed by atoms with Crippen molar-refractivity contribution in [3.63, 3.8) is 0 Å². The second-order valence-corrected chi connectivity index (χ2v) is 2.30. The summed E-state index contributed by atoms with van der Waals surface area (Å²) in [6.45, 7) is 0. The Morgan fingerprint density at radius 3 is 2.79 bits per heavy atom. The Hall–Kier alpha value is 0.467. The number of hydrogen-bond donors (Lipinski definition) is 2. The number of para-hydroxylation sites is 1. The first-order valence-electron chi connectivity index (χ1n) is 3.32. The Bertz CT molecular complexity index is 450. The van der Waals surface area contributed by atoms with Gasteiger partial charge in [0.2, 0.25) is 0 Å². The molecular weight excluding hydrogens is 305 g/mol. The maximum absolute atomic E-state index is 10.6. The van der Waals surface area contributed by atoms with Crippen LogP contribution in [0.5, 0.6) is 0 Å². The number of aromatic amines is 1. The fourth-order valence-corrected chi connectivity index (χ4v) is 1.04. The molecule has 1 radical (unpaired) electrons. The fraction of sp³-hybridized carbons (Fsp3) is 0. The van der Waals surface area contributed by atoms with Crippen LogP contribution in [-0.4, -0.2) is 26.5 Å². The number of aromatic nitrogens is 3. The van der Waals surface area contributed by atoms with Gasteiger partial charge in [-0.1, -0.05) is 6.07 Å². The van der Waals surface area contributed by atoms with Gasteiger partial charge in [0.1, 0.15) is 11.0 Å². The molecule has 0 fully saturated rings. The van der Waals surface area contributed by atoms with Gasteiger partial charge in [0.05, 0.1) is 5.56 Å². The quantitative estimate of drug-likeness (QED) is 0.584. The molecular formula is C7H6AgKN3O2. The third kappa shape index (κ3) is 2.74. The molecule has 0 aliphatic rings. The van der Waals surface area contributed by atoms with Gasteiger partial charge in [0, 0.05) is 22.4 Å². The minimum atomic E-state index is -0.991. The predicted molar refractivity (Wildman–Crippen MR) is 42.0 cm³/mol. The first-order chi connectivity index (χ1) is 5.79. The molecule has 0 atom stereocenters. The van der Waals surface area contributed by atoms with E-state index < -0.39 is 5.97 Å². The van der Waals surface area contributed by atoms with Gasteiger partial charge in [0.15, 0.2) is 0 Å². The van der Waals surface area contributed by atoms with Crippen LogP contribution in [0.4, 0.5) is 0 Å². The zero-order chi connectivity index (χ0) is 8.55. The van der Waals surface area contributed by atoms with E-state index in [4.69, 9.17) is 5.11 Å². The van der Waals surface area contributed by atoms with Gasteiger partial charge in [-0.3, -0.25) is 0 Å². The van der Waals surface area contributed by atoms with Gasteiger partial charge in [-0.25, -0.2) is 4.79 Å². The summed E-state index contributed by atoms with van der Waals surface area (Å²) in [7, 11) is 0. The predicted octanol–water partition coefficient (Wildman–Crippen LogP) is -2.23. The van der Waals surface area contributed by atoms with Crippen molar-refractivity contribution >= 4 is 17.0 Å². The van der Waals surface area contributed by atoms with Gasteiger partial charge in [-0.2, -0.15) is 15.4 Å². The number of carboxylic acids is 1. The molecule has 1 aromatic carbocycles. The molecule has 0 saturated carbocycles. The van der Waals surface area contributed by atoms with Crippen molar-refractivity contribution in [3.05, 3.63) is 23.8 Å². The largest absolute Gasteiger partial charge is 1.00 e. The molecule has 0 spiro atoms. The van der Waals surface area contributed by atoms with Crippen LogP contribution in [0.2, 0.25) is 0 Å². The number of nitrogens with zero attached hydrogens (tertiary/aromatic N) is 2. The fourth-order valence-electron chi connectivity index (χ4n) is 1.04. The third-order valence-corrected chi connectivity index (χ3v) is 1.58. The number of aromatic carboxylic acids is 1. The van der Waals surface area contributed by atoms with Crippen molar-refractivity contribution < 1.29 is 85.1 Å². The normalized spacial score (nSPS) is 8.86. The molecule has 14 heavy (non-hydrogen) atoms. The SMILES string of the molecule is O=C(O)c1cccc2n[nH]nc12.[Ag].[H-].[K+]. The van der Waals surface area contributed by atoms with Crippen molar-refractivity contribution in [1.29, 1.82) is 0 Å². The summed E-state index contributed by atoms with van der Waals surface area (Å²) in [5.74, 6) is -0.991. The number of benzene rings is 1. The minimum absolute atomic E-state index is 0. The Morgan fingerprint density at radius 2 is 2.14 bits per heavy atom. The summed E-state index contributed by atoms with van der Waals surface area (Å²) in [4.78, 5) is 10.6. The topological polar surface area (TPSA) is 78.9 Å². The summed E-state index contributed by atoms with van der Waals surface area (Å²) < 4.78 is 0. The second-order valence-electron chi connectivity index (χ2n) is 2.30. The molecule has 1 heterocycles. The number of nitrogens with one attached hydrogen (secondary N) is 1. The number of carbonyl (C=O) groups is 1. The van der Waals surface area contributed by atoms with E-state index in [0.717, 1.165) is 0 Å². The molecule has 73 valence electrons. The standard InChI is InChI=1S/C7H5N3O2.Ag.K.H/c11-7(12)4-2-1-3-5-6(4)9-10-8-5;;;/h1-3H,(H,11,12)(H,8,9,10);;;/q;;+1;-1. The van der Waals surface area contributed by atoms with Crippen LogP contribution in [0.15, 0.2) is 18.2 Å². The average molecular weight is 311 g/mol. The monoisotopic (exact) mass is 310 g/mol. The van der Waals surface area contributed by atoms with Gasteiger partial charge in [0.25, 0.3) is 0 Å². The summed E-state index contributed by atoms with van der Waals surface area (Å²) >= 11 is 0. The minimum Gasteiger partial charge on any atom is -1.00 e. The Labute approximate surface area is 139 Å². The van der Waals surface area contributed by atoms with Crippen molar-refractivity contribution in [2.24, 2.45) is 0 Å². The van der Waals surface area contributed by atoms with Gasteiger partial charge >= 0.3 is 57.4 Å². The van der Waals surface area contributed by atoms with Crippen LogP contribution >= 0.6 is 0 Å². The molecule has 5 nitrogen and oxygen atoms in total. The molecule has 2 N–H and O–H groups in total. The van der Waals surface area contributed by atoms with Crippen molar-refractivity contribution in [1.82, 2.24) is 15.4 Å². The van der Waals surface area contributed by atoms with E-state index in [1.807, 2.05) is 0 Å². The number of hydrogen-bond acceptors (Lipinski definition) is 3. The molecule has 0 aliphatic heterocycles. The van der Waals surface area contributed by atoms with Crippen molar-refractivity contribution in [3.8, 4) is 0 Å². The molecule has 2 rings (SSSR count). The summed E-state index contributed by atoms with van der Waals surface area (Å²) in [5, 5.41) is 18.6. The summed E-state index contributed by atoms with van der Waals surface area (Å²) in [5.41, 5.74) is 1.13. The van der Waals surface area contributed by atoms with E-state index >= 15 is 0 Å². The third-order valence-electron chi connectivity index (χ3n) is 1.58. The Morgan fingerprint density at radius 1 is 1.43 bits per heavy atom. The number of rotatable bonds is 1. The molecule has 1 aromatic heterocycles. The van der Waals surface area contributed by atoms with Crippen LogP contribution in [0.3, 0.4) is 0 Å². The van der Waals surface area contributed by atoms with E-state index in [2.05, 4.69) is 15.4 Å². The van der Waals surface area contributed by atoms with E-state index in [9.17, 15) is 4.79 Å². The average Bonchev–Trinajstić information content (AvgIpc) is 2.49. The molecule has 0 unspecified atom stereocenters. The zero-order valence-corrected chi connectivity index (χ0v) is 11.9. The van der Waals surface area contributed by atoms with E-state index in [-0.39, 0.29) is 80.8 Å². The van der Waals surface area contributed by atoms with Crippen molar-refractivity contribution in [2.45, 2.75) is 0 Å². The smallest absolute Gasteiger partial charge is 1.00 e. The number of carboxylic acid groups (broad SMARTS) is 1. The zero-order valence-electron chi connectivity index (χ0n) is 8.28. The molecule has 0 amide bonds. The van der Waals surface area contributed by atoms with Crippen LogP contribution in [0, 0.1) is 0 Å². The maximum Gasteiger partial charge on any atom is 1.00 e. The maximum atomic E-state index is 10.6. The van der Waals surface area contributed by atoms with E-state index in [1.165, 1.54) is 6.07 Å². The van der Waals surface area contributed by atoms with Crippen LogP contribution < -0.4 is 51.4 Å². The van der Waals surface area contributed by atoms with Gasteiger partial charge in [-0.05, 0) is 12.1 Å². The second kappa shape index (κ2) is 6.14. The first kappa shape index (κ1) is 14.5. The van der Waals surface area contributed by atoms with Crippen molar-refractivity contribution in [2.75, 3.05) is 0 Å². The van der Waals surface area contributed by atoms with Gasteiger partial charge in [-0.15, -0.1) is 0 Å². The Balaban J connectivity index is 0. The number of H-pyrrole nitrogens is 1. The first-order valence-corrected chi connectivity index (χ1v) is 3.32. The number of fused-ring (bicyclic) bond motifs is 1. The molecule has 0 bridgehead atoms. The van der Waals surface area contributed by atoms with Crippen LogP contribution in [0.25, 0.3) is 11.0 Å². The molecule has 0 saturated heterocycles. The molecule has 2 aromatic rings. The Kier molecular flexibility index (Phi) is 6.34. The molecule has 7 heteroatoms. The van der Waals surface area contributed by atoms with Crippen LogP contribution in [-0.2, 0) is 22.4 Å².